The maximum atomic E-state index is 13.2. The van der Waals surface area contributed by atoms with Gasteiger partial charge in [-0.1, -0.05) is 24.3 Å². The highest BCUT2D eigenvalue weighted by atomic mass is 16.2. The number of fused-ring (bicyclic) bond motifs is 2. The third-order valence-electron chi connectivity index (χ3n) is 6.11. The molecule has 4 amide bonds. The number of carbonyl (C=O) groups excluding carboxylic acids is 5. The van der Waals surface area contributed by atoms with Crippen molar-refractivity contribution >= 4 is 35.1 Å². The van der Waals surface area contributed by atoms with Crippen LogP contribution >= 0.6 is 0 Å². The van der Waals surface area contributed by atoms with Gasteiger partial charge in [-0.15, -0.1) is 0 Å². The lowest BCUT2D eigenvalue weighted by Gasteiger charge is -2.17. The Labute approximate surface area is 189 Å². The molecule has 3 aromatic carbocycles. The Kier molecular flexibility index (Phi) is 4.39. The summed E-state index contributed by atoms with van der Waals surface area (Å²) in [5.41, 5.74) is 3.44. The first kappa shape index (κ1) is 20.5. The molecule has 0 saturated carbocycles. The third-order valence-corrected chi connectivity index (χ3v) is 6.11. The number of benzene rings is 3. The van der Waals surface area contributed by atoms with Gasteiger partial charge in [0.25, 0.3) is 23.6 Å². The second-order valence-electron chi connectivity index (χ2n) is 8.25. The standard InChI is InChI=1S/C26H18N2O5/c1-13-4-5-14(2)21(10-13)28-25(32)18-9-7-16(12-20(18)26(28)33)22(29)15-6-8-17-19(11-15)24(31)27(3)23(17)30/h4-12H,1-3H3. The Hall–Kier alpha value is -4.39. The first-order chi connectivity index (χ1) is 15.7. The molecule has 0 N–H and O–H groups in total. The summed E-state index contributed by atoms with van der Waals surface area (Å²) in [6, 6.07) is 14.2. The SMILES string of the molecule is Cc1ccc(C)c(N2C(=O)c3ccc(C(=O)c4ccc5c(c4)C(=O)N(C)C5=O)cc3C2=O)c1. The maximum Gasteiger partial charge on any atom is 0.266 e. The number of amides is 4. The molecule has 2 aliphatic rings. The van der Waals surface area contributed by atoms with Crippen molar-refractivity contribution in [2.45, 2.75) is 13.8 Å². The molecule has 7 heteroatoms. The van der Waals surface area contributed by atoms with Gasteiger partial charge < -0.3 is 0 Å². The molecular formula is C26H18N2O5. The van der Waals surface area contributed by atoms with Gasteiger partial charge in [0.15, 0.2) is 5.78 Å². The molecule has 5 rings (SSSR count). The molecule has 2 aliphatic heterocycles. The summed E-state index contributed by atoms with van der Waals surface area (Å²) in [7, 11) is 1.39. The lowest BCUT2D eigenvalue weighted by molar-refractivity contribution is 0.0692. The van der Waals surface area contributed by atoms with Gasteiger partial charge in [0.1, 0.15) is 0 Å². The lowest BCUT2D eigenvalue weighted by Crippen LogP contribution is -2.30. The quantitative estimate of drug-likeness (QED) is 0.461. The number of imide groups is 2. The van der Waals surface area contributed by atoms with E-state index in [0.29, 0.717) is 5.69 Å². The van der Waals surface area contributed by atoms with Crippen molar-refractivity contribution < 1.29 is 24.0 Å². The highest BCUT2D eigenvalue weighted by Gasteiger charge is 2.38. The average Bonchev–Trinajstić information content (AvgIpc) is 3.19. The van der Waals surface area contributed by atoms with Crippen molar-refractivity contribution in [2.24, 2.45) is 0 Å². The molecule has 0 aliphatic carbocycles. The van der Waals surface area contributed by atoms with Crippen LogP contribution in [0.2, 0.25) is 0 Å². The number of ketones is 1. The van der Waals surface area contributed by atoms with E-state index in [2.05, 4.69) is 0 Å². The van der Waals surface area contributed by atoms with Crippen LogP contribution in [0, 0.1) is 13.8 Å². The second-order valence-corrected chi connectivity index (χ2v) is 8.25. The zero-order chi connectivity index (χ0) is 23.6. The van der Waals surface area contributed by atoms with Gasteiger partial charge in [0.2, 0.25) is 0 Å². The smallest absolute Gasteiger partial charge is 0.266 e. The topological polar surface area (TPSA) is 91.8 Å². The van der Waals surface area contributed by atoms with E-state index >= 15 is 0 Å². The Balaban J connectivity index is 1.52. The van der Waals surface area contributed by atoms with Crippen LogP contribution in [0.25, 0.3) is 0 Å². The summed E-state index contributed by atoms with van der Waals surface area (Å²) in [6.45, 7) is 3.70. The van der Waals surface area contributed by atoms with E-state index in [1.54, 1.807) is 6.07 Å². The minimum atomic E-state index is -0.491. The monoisotopic (exact) mass is 438 g/mol. The van der Waals surface area contributed by atoms with Crippen molar-refractivity contribution in [1.82, 2.24) is 4.90 Å². The van der Waals surface area contributed by atoms with Gasteiger partial charge >= 0.3 is 0 Å². The van der Waals surface area contributed by atoms with Gasteiger partial charge in [-0.25, -0.2) is 4.90 Å². The van der Waals surface area contributed by atoms with Gasteiger partial charge in [-0.2, -0.15) is 0 Å². The fourth-order valence-electron chi connectivity index (χ4n) is 4.23. The van der Waals surface area contributed by atoms with E-state index in [-0.39, 0.29) is 33.4 Å². The summed E-state index contributed by atoms with van der Waals surface area (Å²) in [4.78, 5) is 65.8. The zero-order valence-corrected chi connectivity index (χ0v) is 18.1. The molecule has 7 nitrogen and oxygen atoms in total. The number of aryl methyl sites for hydroxylation is 2. The van der Waals surface area contributed by atoms with Crippen LogP contribution in [0.5, 0.6) is 0 Å². The van der Waals surface area contributed by atoms with Crippen LogP contribution in [0.3, 0.4) is 0 Å². The number of hydrogen-bond donors (Lipinski definition) is 0. The van der Waals surface area contributed by atoms with E-state index in [9.17, 15) is 24.0 Å². The predicted molar refractivity (Wildman–Crippen MR) is 120 cm³/mol. The van der Waals surface area contributed by atoms with Gasteiger partial charge in [-0.3, -0.25) is 28.9 Å². The molecule has 0 saturated heterocycles. The molecular weight excluding hydrogens is 420 g/mol. The highest BCUT2D eigenvalue weighted by molar-refractivity contribution is 6.35. The van der Waals surface area contributed by atoms with Crippen LogP contribution in [0.1, 0.15) is 68.5 Å². The van der Waals surface area contributed by atoms with E-state index in [1.807, 2.05) is 26.0 Å². The molecule has 162 valence electrons. The molecule has 0 bridgehead atoms. The number of rotatable bonds is 3. The molecule has 0 spiro atoms. The minimum absolute atomic E-state index is 0.152. The van der Waals surface area contributed by atoms with Crippen LogP contribution in [-0.2, 0) is 0 Å². The van der Waals surface area contributed by atoms with Crippen molar-refractivity contribution in [3.05, 3.63) is 99.1 Å². The number of carbonyl (C=O) groups is 5. The number of nitrogens with zero attached hydrogens (tertiary/aromatic N) is 2. The summed E-state index contributed by atoms with van der Waals surface area (Å²) in [5, 5.41) is 0. The first-order valence-corrected chi connectivity index (χ1v) is 10.3. The Morgan fingerprint density at radius 2 is 1.15 bits per heavy atom. The Morgan fingerprint density at radius 3 is 1.79 bits per heavy atom. The van der Waals surface area contributed by atoms with Gasteiger partial charge in [-0.05, 0) is 55.3 Å². The summed E-state index contributed by atoms with van der Waals surface area (Å²) in [5.74, 6) is -2.23. The van der Waals surface area contributed by atoms with Crippen molar-refractivity contribution in [3.63, 3.8) is 0 Å². The van der Waals surface area contributed by atoms with Crippen LogP contribution in [0.15, 0.2) is 54.6 Å². The third kappa shape index (κ3) is 2.93. The minimum Gasteiger partial charge on any atom is -0.289 e. The van der Waals surface area contributed by atoms with Crippen LogP contribution in [0.4, 0.5) is 5.69 Å². The molecule has 2 heterocycles. The summed E-state index contributed by atoms with van der Waals surface area (Å²) >= 11 is 0. The second kappa shape index (κ2) is 7.06. The zero-order valence-electron chi connectivity index (χ0n) is 18.1. The molecule has 0 fully saturated rings. The molecule has 0 unspecified atom stereocenters. The molecule has 0 aromatic heterocycles. The van der Waals surface area contributed by atoms with Crippen LogP contribution < -0.4 is 4.90 Å². The van der Waals surface area contributed by atoms with Gasteiger partial charge in [0.05, 0.1) is 27.9 Å². The fourth-order valence-corrected chi connectivity index (χ4v) is 4.23. The van der Waals surface area contributed by atoms with E-state index in [1.165, 1.54) is 43.4 Å². The Bertz CT molecular complexity index is 1450. The maximum absolute atomic E-state index is 13.2. The number of hydrogen-bond acceptors (Lipinski definition) is 5. The molecule has 3 aromatic rings. The number of anilines is 1. The average molecular weight is 438 g/mol. The van der Waals surface area contributed by atoms with Crippen molar-refractivity contribution in [1.29, 1.82) is 0 Å². The largest absolute Gasteiger partial charge is 0.289 e. The molecule has 0 atom stereocenters. The summed E-state index contributed by atoms with van der Waals surface area (Å²) in [6.07, 6.45) is 0. The molecule has 33 heavy (non-hydrogen) atoms. The lowest BCUT2D eigenvalue weighted by atomic mass is 9.96. The van der Waals surface area contributed by atoms with E-state index in [4.69, 9.17) is 0 Å². The van der Waals surface area contributed by atoms with Gasteiger partial charge in [0, 0.05) is 18.2 Å². The predicted octanol–water partition coefficient (Wildman–Crippen LogP) is 3.56. The molecule has 0 radical (unpaired) electrons. The van der Waals surface area contributed by atoms with E-state index < -0.39 is 29.4 Å². The van der Waals surface area contributed by atoms with E-state index in [0.717, 1.165) is 20.9 Å². The summed E-state index contributed by atoms with van der Waals surface area (Å²) < 4.78 is 0. The van der Waals surface area contributed by atoms with Crippen molar-refractivity contribution in [3.8, 4) is 0 Å². The fraction of sp³-hybridized carbons (Fsp3) is 0.115. The first-order valence-electron chi connectivity index (χ1n) is 10.3. The van der Waals surface area contributed by atoms with Crippen LogP contribution in [-0.4, -0.2) is 41.4 Å². The Morgan fingerprint density at radius 1 is 0.636 bits per heavy atom. The van der Waals surface area contributed by atoms with Crippen molar-refractivity contribution in [2.75, 3.05) is 11.9 Å². The normalized spacial score (nSPS) is 14.8. The highest BCUT2D eigenvalue weighted by Crippen LogP contribution is 2.32.